The third-order valence-corrected chi connectivity index (χ3v) is 4.43. The molecule has 0 aliphatic heterocycles. The van der Waals surface area contributed by atoms with E-state index in [0.29, 0.717) is 6.07 Å². The summed E-state index contributed by atoms with van der Waals surface area (Å²) in [5.74, 6) is -1.81. The smallest absolute Gasteiger partial charge is 0.332 e. The van der Waals surface area contributed by atoms with Crippen LogP contribution in [0.3, 0.4) is 0 Å². The second-order valence-corrected chi connectivity index (χ2v) is 6.79. The second kappa shape index (κ2) is 8.26. The molecule has 0 heterocycles. The largest absolute Gasteiger partial charge is 0.417 e. The van der Waals surface area contributed by atoms with Crippen LogP contribution in [0.1, 0.15) is 15.9 Å². The van der Waals surface area contributed by atoms with Gasteiger partial charge in [0, 0.05) is 17.2 Å². The minimum atomic E-state index is -4.67. The molecule has 0 bridgehead atoms. The number of carbonyl (C=O) groups is 2. The fraction of sp³-hybridized carbons (Fsp3) is 0.176. The Balaban J connectivity index is 2.08. The predicted molar refractivity (Wildman–Crippen MR) is 96.1 cm³/mol. The van der Waals surface area contributed by atoms with Crippen molar-refractivity contribution in [1.82, 2.24) is 4.90 Å². The minimum absolute atomic E-state index is 0.111. The van der Waals surface area contributed by atoms with Crippen molar-refractivity contribution in [2.24, 2.45) is 0 Å². The van der Waals surface area contributed by atoms with Gasteiger partial charge >= 0.3 is 6.18 Å². The Hall–Kier alpha value is -2.13. The average molecular weight is 468 g/mol. The summed E-state index contributed by atoms with van der Waals surface area (Å²) in [5.41, 5.74) is -1.06. The lowest BCUT2D eigenvalue weighted by atomic mass is 10.2. The predicted octanol–water partition coefficient (Wildman–Crippen LogP) is 4.97. The van der Waals surface area contributed by atoms with E-state index in [-0.39, 0.29) is 15.7 Å². The lowest BCUT2D eigenvalue weighted by Gasteiger charge is -2.18. The van der Waals surface area contributed by atoms with E-state index >= 15 is 0 Å². The van der Waals surface area contributed by atoms with Crippen LogP contribution in [0, 0.1) is 5.82 Å². The highest BCUT2D eigenvalue weighted by atomic mass is 79.9. The van der Waals surface area contributed by atoms with Gasteiger partial charge in [0.2, 0.25) is 5.91 Å². The molecule has 2 aromatic carbocycles. The molecule has 2 amide bonds. The SMILES string of the molecule is CN(CC(=O)Nc1ccc(Cl)c(C(F)(F)F)c1)C(=O)c1ccc(F)cc1Br. The number of nitrogens with zero attached hydrogens (tertiary/aromatic N) is 1. The molecule has 2 aromatic rings. The van der Waals surface area contributed by atoms with Gasteiger partial charge in [-0.15, -0.1) is 0 Å². The number of alkyl halides is 3. The molecule has 0 aromatic heterocycles. The maximum atomic E-state index is 13.1. The monoisotopic (exact) mass is 466 g/mol. The molecule has 0 saturated heterocycles. The zero-order valence-corrected chi connectivity index (χ0v) is 16.0. The summed E-state index contributed by atoms with van der Waals surface area (Å²) in [6, 6.07) is 6.40. The molecule has 0 aliphatic rings. The van der Waals surface area contributed by atoms with E-state index in [9.17, 15) is 27.2 Å². The van der Waals surface area contributed by atoms with E-state index < -0.39 is 40.9 Å². The van der Waals surface area contributed by atoms with Gasteiger partial charge in [0.25, 0.3) is 5.91 Å². The summed E-state index contributed by atoms with van der Waals surface area (Å²) >= 11 is 8.58. The molecule has 0 fully saturated rings. The molecule has 0 saturated carbocycles. The van der Waals surface area contributed by atoms with Crippen molar-refractivity contribution in [1.29, 1.82) is 0 Å². The van der Waals surface area contributed by atoms with Gasteiger partial charge in [0.1, 0.15) is 5.82 Å². The lowest BCUT2D eigenvalue weighted by Crippen LogP contribution is -2.35. The number of halogens is 6. The molecule has 27 heavy (non-hydrogen) atoms. The van der Waals surface area contributed by atoms with E-state index in [4.69, 9.17) is 11.6 Å². The first kappa shape index (κ1) is 21.2. The highest BCUT2D eigenvalue weighted by Crippen LogP contribution is 2.36. The fourth-order valence-corrected chi connectivity index (χ4v) is 2.92. The zero-order valence-electron chi connectivity index (χ0n) is 13.7. The molecule has 2 rings (SSSR count). The topological polar surface area (TPSA) is 49.4 Å². The molecule has 0 atom stereocenters. The molecule has 4 nitrogen and oxygen atoms in total. The summed E-state index contributed by atoms with van der Waals surface area (Å²) in [7, 11) is 1.33. The number of nitrogens with one attached hydrogen (secondary N) is 1. The molecule has 144 valence electrons. The molecule has 0 unspecified atom stereocenters. The summed E-state index contributed by atoms with van der Waals surface area (Å²) in [4.78, 5) is 25.4. The van der Waals surface area contributed by atoms with Crippen LogP contribution in [0.25, 0.3) is 0 Å². The Morgan fingerprint density at radius 3 is 2.44 bits per heavy atom. The summed E-state index contributed by atoms with van der Waals surface area (Å²) in [5, 5.41) is 1.79. The van der Waals surface area contributed by atoms with Crippen molar-refractivity contribution < 1.29 is 27.2 Å². The van der Waals surface area contributed by atoms with Crippen LogP contribution in [-0.4, -0.2) is 30.3 Å². The van der Waals surface area contributed by atoms with Gasteiger partial charge in [0.15, 0.2) is 0 Å². The van der Waals surface area contributed by atoms with Crippen molar-refractivity contribution in [3.05, 3.63) is 62.8 Å². The van der Waals surface area contributed by atoms with Gasteiger partial charge in [0.05, 0.1) is 22.7 Å². The van der Waals surface area contributed by atoms with Gasteiger partial charge in [-0.1, -0.05) is 11.6 Å². The third kappa shape index (κ3) is 5.43. The third-order valence-electron chi connectivity index (χ3n) is 3.44. The maximum Gasteiger partial charge on any atom is 0.417 e. The number of amides is 2. The molecule has 0 spiro atoms. The lowest BCUT2D eigenvalue weighted by molar-refractivity contribution is -0.137. The number of carbonyl (C=O) groups excluding carboxylic acids is 2. The Morgan fingerprint density at radius 2 is 1.85 bits per heavy atom. The Labute approximate surface area is 165 Å². The van der Waals surface area contributed by atoms with E-state index in [1.807, 2.05) is 0 Å². The van der Waals surface area contributed by atoms with Crippen LogP contribution in [0.5, 0.6) is 0 Å². The van der Waals surface area contributed by atoms with Crippen LogP contribution in [0.2, 0.25) is 5.02 Å². The number of benzene rings is 2. The van der Waals surface area contributed by atoms with E-state index in [1.165, 1.54) is 19.2 Å². The van der Waals surface area contributed by atoms with Crippen LogP contribution in [0.15, 0.2) is 40.9 Å². The van der Waals surface area contributed by atoms with E-state index in [0.717, 1.165) is 23.1 Å². The first-order chi connectivity index (χ1) is 12.5. The Morgan fingerprint density at radius 1 is 1.19 bits per heavy atom. The van der Waals surface area contributed by atoms with E-state index in [2.05, 4.69) is 21.2 Å². The summed E-state index contributed by atoms with van der Waals surface area (Å²) < 4.78 is 51.9. The molecular formula is C17H12BrClF4N2O2. The van der Waals surface area contributed by atoms with Crippen LogP contribution in [-0.2, 0) is 11.0 Å². The standard InChI is InChI=1S/C17H12BrClF4N2O2/c1-25(16(27)11-4-2-9(20)6-13(11)18)8-15(26)24-10-3-5-14(19)12(7-10)17(21,22)23/h2-7H,8H2,1H3,(H,24,26). The normalized spacial score (nSPS) is 11.2. The van der Waals surface area contributed by atoms with Gasteiger partial charge < -0.3 is 10.2 Å². The van der Waals surface area contributed by atoms with Gasteiger partial charge in [-0.3, -0.25) is 9.59 Å². The molecule has 0 aliphatic carbocycles. The van der Waals surface area contributed by atoms with Crippen LogP contribution >= 0.6 is 27.5 Å². The molecule has 1 N–H and O–H groups in total. The van der Waals surface area contributed by atoms with Gasteiger partial charge in [-0.05, 0) is 52.3 Å². The average Bonchev–Trinajstić information content (AvgIpc) is 2.55. The van der Waals surface area contributed by atoms with E-state index in [1.54, 1.807) is 0 Å². The second-order valence-electron chi connectivity index (χ2n) is 5.53. The minimum Gasteiger partial charge on any atom is -0.332 e. The molecule has 10 heteroatoms. The zero-order chi connectivity index (χ0) is 20.4. The summed E-state index contributed by atoms with van der Waals surface area (Å²) in [6.45, 7) is -0.424. The fourth-order valence-electron chi connectivity index (χ4n) is 2.18. The Kier molecular flexibility index (Phi) is 6.48. The first-order valence-corrected chi connectivity index (χ1v) is 8.53. The van der Waals surface area contributed by atoms with Crippen LogP contribution in [0.4, 0.5) is 23.2 Å². The van der Waals surface area contributed by atoms with Crippen molar-refractivity contribution in [2.45, 2.75) is 6.18 Å². The molecular weight excluding hydrogens is 456 g/mol. The van der Waals surface area contributed by atoms with Crippen molar-refractivity contribution >= 4 is 45.0 Å². The number of hydrogen-bond donors (Lipinski definition) is 1. The first-order valence-electron chi connectivity index (χ1n) is 7.36. The van der Waals surface area contributed by atoms with Gasteiger partial charge in [-0.2, -0.15) is 13.2 Å². The highest BCUT2D eigenvalue weighted by Gasteiger charge is 2.33. The van der Waals surface area contributed by atoms with Gasteiger partial charge in [-0.25, -0.2) is 4.39 Å². The van der Waals surface area contributed by atoms with Crippen molar-refractivity contribution in [2.75, 3.05) is 18.9 Å². The van der Waals surface area contributed by atoms with Crippen LogP contribution < -0.4 is 5.32 Å². The Bertz CT molecular complexity index is 890. The summed E-state index contributed by atoms with van der Waals surface area (Å²) in [6.07, 6.45) is -4.67. The highest BCUT2D eigenvalue weighted by molar-refractivity contribution is 9.10. The number of hydrogen-bond acceptors (Lipinski definition) is 2. The maximum absolute atomic E-state index is 13.1. The van der Waals surface area contributed by atoms with Crippen molar-refractivity contribution in [3.63, 3.8) is 0 Å². The number of rotatable bonds is 4. The number of anilines is 1. The van der Waals surface area contributed by atoms with Crippen molar-refractivity contribution in [3.8, 4) is 0 Å². The quantitative estimate of drug-likeness (QED) is 0.646. The number of likely N-dealkylation sites (N-methyl/N-ethyl adjacent to an activating group) is 1. The molecule has 0 radical (unpaired) electrons.